The van der Waals surface area contributed by atoms with Gasteiger partial charge >= 0.3 is 0 Å². The number of sulfone groups is 1. The smallest absolute Gasteiger partial charge is 0.147 e. The van der Waals surface area contributed by atoms with E-state index in [4.69, 9.17) is 10.5 Å². The van der Waals surface area contributed by atoms with Crippen LogP contribution in [0.15, 0.2) is 0 Å². The van der Waals surface area contributed by atoms with Gasteiger partial charge in [-0.25, -0.2) is 8.42 Å². The summed E-state index contributed by atoms with van der Waals surface area (Å²) in [7, 11) is -2.88. The first-order chi connectivity index (χ1) is 7.87. The van der Waals surface area contributed by atoms with Gasteiger partial charge < -0.3 is 10.5 Å². The van der Waals surface area contributed by atoms with Crippen molar-refractivity contribution in [2.75, 3.05) is 25.2 Å². The molecule has 2 N–H and O–H groups in total. The van der Waals surface area contributed by atoms with E-state index in [1.165, 1.54) is 12.7 Å². The van der Waals surface area contributed by atoms with Gasteiger partial charge in [0.05, 0.1) is 11.4 Å². The van der Waals surface area contributed by atoms with Gasteiger partial charge in [0.2, 0.25) is 0 Å². The lowest BCUT2D eigenvalue weighted by Crippen LogP contribution is -2.44. The first-order valence-electron chi connectivity index (χ1n) is 6.39. The van der Waals surface area contributed by atoms with Crippen molar-refractivity contribution < 1.29 is 13.2 Å². The topological polar surface area (TPSA) is 69.4 Å². The third-order valence-electron chi connectivity index (χ3n) is 3.49. The Labute approximate surface area is 105 Å². The average Bonchev–Trinajstić information content (AvgIpc) is 2.23. The van der Waals surface area contributed by atoms with Crippen molar-refractivity contribution in [3.8, 4) is 0 Å². The third-order valence-corrected chi connectivity index (χ3v) is 4.52. The molecule has 1 aliphatic carbocycles. The van der Waals surface area contributed by atoms with Crippen LogP contribution < -0.4 is 5.73 Å². The van der Waals surface area contributed by atoms with Gasteiger partial charge in [-0.3, -0.25) is 0 Å². The van der Waals surface area contributed by atoms with E-state index in [0.717, 1.165) is 19.3 Å². The molecule has 2 atom stereocenters. The maximum absolute atomic E-state index is 11.0. The molecule has 2 unspecified atom stereocenters. The molecule has 0 aromatic heterocycles. The van der Waals surface area contributed by atoms with E-state index in [2.05, 4.69) is 6.92 Å². The minimum atomic E-state index is -2.88. The molecule has 1 fully saturated rings. The quantitative estimate of drug-likeness (QED) is 0.734. The summed E-state index contributed by atoms with van der Waals surface area (Å²) in [6.45, 7) is 3.26. The molecule has 4 nitrogen and oxygen atoms in total. The number of rotatable bonds is 6. The van der Waals surface area contributed by atoms with Gasteiger partial charge in [0.15, 0.2) is 0 Å². The molecule has 17 heavy (non-hydrogen) atoms. The first kappa shape index (κ1) is 14.9. The van der Waals surface area contributed by atoms with E-state index in [9.17, 15) is 8.42 Å². The van der Waals surface area contributed by atoms with Crippen LogP contribution in [0.25, 0.3) is 0 Å². The van der Waals surface area contributed by atoms with Gasteiger partial charge in [-0.2, -0.15) is 0 Å². The molecule has 0 bridgehead atoms. The zero-order chi connectivity index (χ0) is 12.9. The molecular formula is C12H25NO3S. The fourth-order valence-electron chi connectivity index (χ4n) is 2.60. The number of hydrogen-bond acceptors (Lipinski definition) is 4. The molecule has 1 rings (SSSR count). The standard InChI is InChI=1S/C12H25NO3S/c1-11-5-3-6-12(9-11,10-13)16-7-4-8-17(2,14)15/h11H,3-10,13H2,1-2H3. The summed E-state index contributed by atoms with van der Waals surface area (Å²) < 4.78 is 27.9. The van der Waals surface area contributed by atoms with Crippen molar-refractivity contribution in [3.05, 3.63) is 0 Å². The fraction of sp³-hybridized carbons (Fsp3) is 1.00. The van der Waals surface area contributed by atoms with Gasteiger partial charge in [-0.15, -0.1) is 0 Å². The van der Waals surface area contributed by atoms with Crippen LogP contribution in [0.4, 0.5) is 0 Å². The van der Waals surface area contributed by atoms with Crippen LogP contribution in [0.2, 0.25) is 0 Å². The highest BCUT2D eigenvalue weighted by Crippen LogP contribution is 2.34. The number of nitrogens with two attached hydrogens (primary N) is 1. The van der Waals surface area contributed by atoms with Crippen LogP contribution >= 0.6 is 0 Å². The van der Waals surface area contributed by atoms with E-state index in [1.807, 2.05) is 0 Å². The van der Waals surface area contributed by atoms with Crippen LogP contribution in [0, 0.1) is 5.92 Å². The van der Waals surface area contributed by atoms with Gasteiger partial charge in [0, 0.05) is 19.4 Å². The Morgan fingerprint density at radius 1 is 1.47 bits per heavy atom. The summed E-state index contributed by atoms with van der Waals surface area (Å²) in [5.74, 6) is 0.852. The SMILES string of the molecule is CC1CCCC(CN)(OCCCS(C)(=O)=O)C1. The molecule has 0 aromatic carbocycles. The summed E-state index contributed by atoms with van der Waals surface area (Å²) in [5.41, 5.74) is 5.63. The van der Waals surface area contributed by atoms with Gasteiger partial charge in [-0.05, 0) is 25.2 Å². The molecule has 0 aliphatic heterocycles. The van der Waals surface area contributed by atoms with E-state index < -0.39 is 9.84 Å². The molecule has 5 heteroatoms. The normalized spacial score (nSPS) is 30.4. The lowest BCUT2D eigenvalue weighted by molar-refractivity contribution is -0.0737. The molecule has 0 aromatic rings. The van der Waals surface area contributed by atoms with E-state index in [-0.39, 0.29) is 11.4 Å². The highest BCUT2D eigenvalue weighted by molar-refractivity contribution is 7.90. The molecule has 0 amide bonds. The summed E-state index contributed by atoms with van der Waals surface area (Å²) in [4.78, 5) is 0. The Balaban J connectivity index is 2.36. The van der Waals surface area contributed by atoms with Crippen LogP contribution in [0.5, 0.6) is 0 Å². The summed E-state index contributed by atoms with van der Waals surface area (Å²) in [6, 6.07) is 0. The highest BCUT2D eigenvalue weighted by atomic mass is 32.2. The maximum Gasteiger partial charge on any atom is 0.147 e. The average molecular weight is 263 g/mol. The van der Waals surface area contributed by atoms with Crippen LogP contribution in [-0.2, 0) is 14.6 Å². The minimum absolute atomic E-state index is 0.198. The zero-order valence-electron chi connectivity index (χ0n) is 10.9. The van der Waals surface area contributed by atoms with Gasteiger partial charge in [-0.1, -0.05) is 19.8 Å². The third kappa shape index (κ3) is 5.36. The van der Waals surface area contributed by atoms with E-state index in [0.29, 0.717) is 25.5 Å². The van der Waals surface area contributed by atoms with Crippen molar-refractivity contribution in [2.24, 2.45) is 11.7 Å². The molecule has 0 spiro atoms. The van der Waals surface area contributed by atoms with Crippen molar-refractivity contribution in [1.29, 1.82) is 0 Å². The number of ether oxygens (including phenoxy) is 1. The second kappa shape index (κ2) is 6.16. The number of hydrogen-bond donors (Lipinski definition) is 1. The van der Waals surface area contributed by atoms with Crippen molar-refractivity contribution in [2.45, 2.75) is 44.6 Å². The van der Waals surface area contributed by atoms with Gasteiger partial charge in [0.1, 0.15) is 9.84 Å². The molecule has 0 heterocycles. The monoisotopic (exact) mass is 263 g/mol. The molecule has 1 saturated carbocycles. The highest BCUT2D eigenvalue weighted by Gasteiger charge is 2.34. The minimum Gasteiger partial charge on any atom is -0.374 e. The predicted octanol–water partition coefficient (Wildman–Crippen LogP) is 1.35. The Hall–Kier alpha value is -0.130. The Morgan fingerprint density at radius 2 is 2.18 bits per heavy atom. The first-order valence-corrected chi connectivity index (χ1v) is 8.45. The summed E-state index contributed by atoms with van der Waals surface area (Å²) >= 11 is 0. The fourth-order valence-corrected chi connectivity index (χ4v) is 3.24. The molecule has 1 aliphatic rings. The van der Waals surface area contributed by atoms with Gasteiger partial charge in [0.25, 0.3) is 0 Å². The lowest BCUT2D eigenvalue weighted by Gasteiger charge is -2.39. The van der Waals surface area contributed by atoms with Crippen LogP contribution in [0.1, 0.15) is 39.0 Å². The Morgan fingerprint density at radius 3 is 2.71 bits per heavy atom. The van der Waals surface area contributed by atoms with Crippen LogP contribution in [0.3, 0.4) is 0 Å². The Kier molecular flexibility index (Phi) is 5.41. The zero-order valence-corrected chi connectivity index (χ0v) is 11.8. The van der Waals surface area contributed by atoms with Crippen molar-refractivity contribution >= 4 is 9.84 Å². The summed E-state index contributed by atoms with van der Waals surface area (Å²) in [5, 5.41) is 0. The van der Waals surface area contributed by atoms with Crippen molar-refractivity contribution in [3.63, 3.8) is 0 Å². The molecule has 0 saturated heterocycles. The predicted molar refractivity (Wildman–Crippen MR) is 69.7 cm³/mol. The maximum atomic E-state index is 11.0. The second-order valence-corrected chi connectivity index (χ2v) is 7.68. The lowest BCUT2D eigenvalue weighted by atomic mass is 9.79. The largest absolute Gasteiger partial charge is 0.374 e. The Bertz CT molecular complexity index is 329. The molecule has 102 valence electrons. The second-order valence-electron chi connectivity index (χ2n) is 5.42. The van der Waals surface area contributed by atoms with E-state index >= 15 is 0 Å². The van der Waals surface area contributed by atoms with Crippen molar-refractivity contribution in [1.82, 2.24) is 0 Å². The molecular weight excluding hydrogens is 238 g/mol. The summed E-state index contributed by atoms with van der Waals surface area (Å²) in [6.07, 6.45) is 6.23. The van der Waals surface area contributed by atoms with E-state index in [1.54, 1.807) is 0 Å². The van der Waals surface area contributed by atoms with Crippen LogP contribution in [-0.4, -0.2) is 39.2 Å². The molecule has 0 radical (unpaired) electrons.